The van der Waals surface area contributed by atoms with E-state index in [0.29, 0.717) is 0 Å². The van der Waals surface area contributed by atoms with Crippen molar-refractivity contribution in [1.29, 1.82) is 0 Å². The van der Waals surface area contributed by atoms with Crippen molar-refractivity contribution in [3.8, 4) is 0 Å². The average Bonchev–Trinajstić information content (AvgIpc) is 3.11. The van der Waals surface area contributed by atoms with Crippen LogP contribution in [0.15, 0.2) is 39.8 Å². The van der Waals surface area contributed by atoms with E-state index in [1.807, 2.05) is 0 Å². The third-order valence-corrected chi connectivity index (χ3v) is 6.03. The van der Waals surface area contributed by atoms with Crippen LogP contribution in [-0.2, 0) is 16.3 Å². The van der Waals surface area contributed by atoms with Gasteiger partial charge in [0.1, 0.15) is 0 Å². The summed E-state index contributed by atoms with van der Waals surface area (Å²) in [6.07, 6.45) is 5.43. The van der Waals surface area contributed by atoms with Gasteiger partial charge in [-0.05, 0) is 25.0 Å². The highest BCUT2D eigenvalue weighted by atomic mass is 32.2. The number of nitrogens with zero attached hydrogens (tertiary/aromatic N) is 2. The predicted octanol–water partition coefficient (Wildman–Crippen LogP) is 2.15. The number of benzene rings is 1. The van der Waals surface area contributed by atoms with Gasteiger partial charge in [-0.3, -0.25) is 4.79 Å². The summed E-state index contributed by atoms with van der Waals surface area (Å²) in [5, 5.41) is 6.61. The molecule has 0 radical (unpaired) electrons. The Morgan fingerprint density at radius 2 is 1.88 bits per heavy atom. The molecule has 1 N–H and O–H groups in total. The topological polar surface area (TPSA) is 102 Å². The second-order valence-electron chi connectivity index (χ2n) is 6.21. The van der Waals surface area contributed by atoms with Gasteiger partial charge in [0, 0.05) is 12.5 Å². The van der Waals surface area contributed by atoms with Crippen LogP contribution in [0.1, 0.15) is 48.6 Å². The van der Waals surface area contributed by atoms with Gasteiger partial charge in [-0.15, -0.1) is 0 Å². The first-order valence-electron chi connectivity index (χ1n) is 8.46. The second-order valence-corrected chi connectivity index (χ2v) is 8.32. The minimum atomic E-state index is -3.41. The van der Waals surface area contributed by atoms with Crippen molar-refractivity contribution < 1.29 is 17.7 Å². The van der Waals surface area contributed by atoms with Crippen LogP contribution in [0.2, 0.25) is 0 Å². The van der Waals surface area contributed by atoms with Crippen molar-refractivity contribution in [2.75, 3.05) is 5.75 Å². The number of hydrogen-bond donors (Lipinski definition) is 1. The van der Waals surface area contributed by atoms with Crippen molar-refractivity contribution in [3.63, 3.8) is 0 Å². The molecule has 1 aliphatic rings. The van der Waals surface area contributed by atoms with E-state index in [1.54, 1.807) is 30.3 Å². The Bertz CT molecular complexity index is 811. The van der Waals surface area contributed by atoms with Gasteiger partial charge >= 0.3 is 11.8 Å². The maximum Gasteiger partial charge on any atom is 0.315 e. The second kappa shape index (κ2) is 7.77. The summed E-state index contributed by atoms with van der Waals surface area (Å²) < 4.78 is 29.5. The number of amides is 1. The molecule has 0 bridgehead atoms. The Kier molecular flexibility index (Phi) is 5.47. The van der Waals surface area contributed by atoms with Gasteiger partial charge in [0.25, 0.3) is 0 Å². The molecule has 1 aromatic carbocycles. The number of hydrogen-bond acceptors (Lipinski definition) is 6. The Morgan fingerprint density at radius 3 is 2.60 bits per heavy atom. The molecule has 2 aromatic rings. The molecule has 1 heterocycles. The SMILES string of the molecule is O=C(NC1CCCCC1)c1nc(CCS(=O)(=O)c2ccccc2)no1. The predicted molar refractivity (Wildman–Crippen MR) is 90.8 cm³/mol. The molecule has 1 fully saturated rings. The third-order valence-electron chi connectivity index (χ3n) is 4.30. The molecule has 1 aliphatic carbocycles. The Hall–Kier alpha value is -2.22. The van der Waals surface area contributed by atoms with Crippen LogP contribution in [-0.4, -0.2) is 36.3 Å². The summed E-state index contributed by atoms with van der Waals surface area (Å²) in [6, 6.07) is 8.36. The molecule has 8 heteroatoms. The van der Waals surface area contributed by atoms with Crippen LogP contribution >= 0.6 is 0 Å². The van der Waals surface area contributed by atoms with Crippen molar-refractivity contribution in [3.05, 3.63) is 42.0 Å². The maximum atomic E-state index is 12.2. The van der Waals surface area contributed by atoms with Gasteiger partial charge < -0.3 is 9.84 Å². The fraction of sp³-hybridized carbons (Fsp3) is 0.471. The van der Waals surface area contributed by atoms with E-state index in [4.69, 9.17) is 4.52 Å². The molecule has 1 amide bonds. The first kappa shape index (κ1) is 17.6. The number of nitrogens with one attached hydrogen (secondary N) is 1. The first-order valence-corrected chi connectivity index (χ1v) is 10.1. The zero-order chi connectivity index (χ0) is 17.7. The van der Waals surface area contributed by atoms with E-state index < -0.39 is 15.7 Å². The molecular weight excluding hydrogens is 342 g/mol. The highest BCUT2D eigenvalue weighted by Crippen LogP contribution is 2.18. The van der Waals surface area contributed by atoms with Gasteiger partial charge in [0.2, 0.25) is 0 Å². The molecule has 0 spiro atoms. The van der Waals surface area contributed by atoms with E-state index in [9.17, 15) is 13.2 Å². The standard InChI is InChI=1S/C17H21N3O4S/c21-16(18-13-7-3-1-4-8-13)17-19-15(20-24-17)11-12-25(22,23)14-9-5-2-6-10-14/h2,5-6,9-10,13H,1,3-4,7-8,11-12H2,(H,18,21). The molecule has 0 saturated heterocycles. The lowest BCUT2D eigenvalue weighted by molar-refractivity contribution is 0.0883. The highest BCUT2D eigenvalue weighted by molar-refractivity contribution is 7.91. The minimum absolute atomic E-state index is 0.0947. The van der Waals surface area contributed by atoms with Crippen LogP contribution < -0.4 is 5.32 Å². The molecule has 1 saturated carbocycles. The third kappa shape index (κ3) is 4.66. The maximum absolute atomic E-state index is 12.2. The van der Waals surface area contributed by atoms with Gasteiger partial charge in [-0.1, -0.05) is 42.6 Å². The Morgan fingerprint density at radius 1 is 1.16 bits per heavy atom. The highest BCUT2D eigenvalue weighted by Gasteiger charge is 2.22. The number of sulfone groups is 1. The van der Waals surface area contributed by atoms with Gasteiger partial charge in [-0.25, -0.2) is 8.42 Å². The molecule has 7 nitrogen and oxygen atoms in total. The van der Waals surface area contributed by atoms with E-state index >= 15 is 0 Å². The monoisotopic (exact) mass is 363 g/mol. The molecule has 1 aromatic heterocycles. The van der Waals surface area contributed by atoms with Crippen LogP contribution in [0.5, 0.6) is 0 Å². The molecule has 0 unspecified atom stereocenters. The molecule has 0 aliphatic heterocycles. The number of rotatable bonds is 6. The van der Waals surface area contributed by atoms with Crippen molar-refractivity contribution in [2.45, 2.75) is 49.5 Å². The number of aromatic nitrogens is 2. The summed E-state index contributed by atoms with van der Waals surface area (Å²) in [6.45, 7) is 0. The van der Waals surface area contributed by atoms with Crippen molar-refractivity contribution >= 4 is 15.7 Å². The van der Waals surface area contributed by atoms with Crippen LogP contribution in [0.3, 0.4) is 0 Å². The lowest BCUT2D eigenvalue weighted by Gasteiger charge is -2.21. The smallest absolute Gasteiger partial charge is 0.315 e. The minimum Gasteiger partial charge on any atom is -0.345 e. The van der Waals surface area contributed by atoms with E-state index in [0.717, 1.165) is 25.7 Å². The van der Waals surface area contributed by atoms with E-state index in [2.05, 4.69) is 15.5 Å². The lowest BCUT2D eigenvalue weighted by atomic mass is 9.95. The molecule has 0 atom stereocenters. The fourth-order valence-electron chi connectivity index (χ4n) is 2.91. The summed E-state index contributed by atoms with van der Waals surface area (Å²) >= 11 is 0. The Labute approximate surface area is 146 Å². The number of aryl methyl sites for hydroxylation is 1. The zero-order valence-electron chi connectivity index (χ0n) is 13.8. The van der Waals surface area contributed by atoms with Gasteiger partial charge in [0.15, 0.2) is 15.7 Å². The summed E-state index contributed by atoms with van der Waals surface area (Å²) in [5.41, 5.74) is 0. The fourth-order valence-corrected chi connectivity index (χ4v) is 4.17. The molecule has 134 valence electrons. The van der Waals surface area contributed by atoms with Gasteiger partial charge in [0.05, 0.1) is 10.6 Å². The van der Waals surface area contributed by atoms with Crippen LogP contribution in [0.25, 0.3) is 0 Å². The first-order chi connectivity index (χ1) is 12.0. The molecular formula is C17H21N3O4S. The van der Waals surface area contributed by atoms with E-state index in [-0.39, 0.29) is 34.8 Å². The summed E-state index contributed by atoms with van der Waals surface area (Å²) in [5.74, 6) is -0.428. The zero-order valence-corrected chi connectivity index (χ0v) is 14.7. The summed E-state index contributed by atoms with van der Waals surface area (Å²) in [4.78, 5) is 16.4. The van der Waals surface area contributed by atoms with E-state index in [1.165, 1.54) is 6.42 Å². The quantitative estimate of drug-likeness (QED) is 0.844. The largest absolute Gasteiger partial charge is 0.345 e. The molecule has 3 rings (SSSR count). The Balaban J connectivity index is 1.57. The van der Waals surface area contributed by atoms with Gasteiger partial charge in [-0.2, -0.15) is 4.98 Å². The van der Waals surface area contributed by atoms with Crippen LogP contribution in [0, 0.1) is 0 Å². The summed E-state index contributed by atoms with van der Waals surface area (Å²) in [7, 11) is -3.41. The average molecular weight is 363 g/mol. The number of carbonyl (C=O) groups is 1. The molecule has 25 heavy (non-hydrogen) atoms. The number of carbonyl (C=O) groups excluding carboxylic acids is 1. The van der Waals surface area contributed by atoms with Crippen LogP contribution in [0.4, 0.5) is 0 Å². The van der Waals surface area contributed by atoms with Crippen molar-refractivity contribution in [2.24, 2.45) is 0 Å². The normalized spacial score (nSPS) is 15.8. The van der Waals surface area contributed by atoms with Crippen molar-refractivity contribution in [1.82, 2.24) is 15.5 Å². The lowest BCUT2D eigenvalue weighted by Crippen LogP contribution is -2.36.